The summed E-state index contributed by atoms with van der Waals surface area (Å²) in [6, 6.07) is 5.08. The van der Waals surface area contributed by atoms with Crippen LogP contribution in [-0.2, 0) is 0 Å². The first-order chi connectivity index (χ1) is 8.20. The molecule has 2 heterocycles. The molecule has 0 radical (unpaired) electrons. The Morgan fingerprint density at radius 1 is 1.35 bits per heavy atom. The van der Waals surface area contributed by atoms with Gasteiger partial charge in [-0.3, -0.25) is 19.7 Å². The van der Waals surface area contributed by atoms with Crippen LogP contribution in [0.5, 0.6) is 0 Å². The second-order valence-corrected chi connectivity index (χ2v) is 3.14. The van der Waals surface area contributed by atoms with Crippen molar-refractivity contribution in [2.45, 2.75) is 0 Å². The Morgan fingerprint density at radius 2 is 2.18 bits per heavy atom. The predicted octanol–water partition coefficient (Wildman–Crippen LogP) is 0.0735. The van der Waals surface area contributed by atoms with E-state index in [4.69, 9.17) is 5.26 Å². The van der Waals surface area contributed by atoms with E-state index in [-0.39, 0.29) is 11.4 Å². The number of hydrogen-bond acceptors (Lipinski definition) is 5. The molecular weight excluding hydrogens is 222 g/mol. The van der Waals surface area contributed by atoms with E-state index < -0.39 is 11.2 Å². The van der Waals surface area contributed by atoms with Gasteiger partial charge in [-0.2, -0.15) is 5.26 Å². The minimum Gasteiger partial charge on any atom is -0.339 e. The van der Waals surface area contributed by atoms with Gasteiger partial charge in [0.2, 0.25) is 0 Å². The summed E-state index contributed by atoms with van der Waals surface area (Å²) in [5.41, 5.74) is -1.04. The van der Waals surface area contributed by atoms with Crippen LogP contribution in [-0.4, -0.2) is 15.0 Å². The molecule has 0 bridgehead atoms. The van der Waals surface area contributed by atoms with Crippen molar-refractivity contribution in [2.75, 3.05) is 5.32 Å². The Bertz CT molecular complexity index is 680. The van der Waals surface area contributed by atoms with Crippen molar-refractivity contribution in [1.29, 1.82) is 5.26 Å². The van der Waals surface area contributed by atoms with Crippen molar-refractivity contribution >= 4 is 11.5 Å². The molecule has 0 spiro atoms. The highest BCUT2D eigenvalue weighted by atomic mass is 16.2. The van der Waals surface area contributed by atoms with Crippen LogP contribution in [0, 0.1) is 11.3 Å². The van der Waals surface area contributed by atoms with Gasteiger partial charge < -0.3 is 5.32 Å². The van der Waals surface area contributed by atoms with E-state index in [2.05, 4.69) is 15.3 Å². The number of pyridine rings is 1. The number of anilines is 2. The van der Waals surface area contributed by atoms with Crippen molar-refractivity contribution in [2.24, 2.45) is 0 Å². The average molecular weight is 229 g/mol. The van der Waals surface area contributed by atoms with Gasteiger partial charge in [0.1, 0.15) is 11.9 Å². The van der Waals surface area contributed by atoms with Crippen LogP contribution in [0.1, 0.15) is 5.56 Å². The highest BCUT2D eigenvalue weighted by Gasteiger charge is 2.08. The summed E-state index contributed by atoms with van der Waals surface area (Å²) in [6.07, 6.45) is 3.08. The van der Waals surface area contributed by atoms with E-state index in [1.165, 1.54) is 6.20 Å². The van der Waals surface area contributed by atoms with Gasteiger partial charge >= 0.3 is 5.69 Å². The molecular formula is C10H7N5O2. The molecule has 0 aromatic carbocycles. The van der Waals surface area contributed by atoms with Crippen LogP contribution < -0.4 is 16.6 Å². The van der Waals surface area contributed by atoms with Crippen molar-refractivity contribution in [3.8, 4) is 6.07 Å². The topological polar surface area (TPSA) is 114 Å². The highest BCUT2D eigenvalue weighted by Crippen LogP contribution is 2.12. The molecule has 0 aliphatic rings. The summed E-state index contributed by atoms with van der Waals surface area (Å²) in [4.78, 5) is 30.6. The lowest BCUT2D eigenvalue weighted by Crippen LogP contribution is -2.25. The van der Waals surface area contributed by atoms with E-state index in [1.54, 1.807) is 24.4 Å². The Kier molecular flexibility index (Phi) is 2.70. The predicted molar refractivity (Wildman–Crippen MR) is 59.9 cm³/mol. The molecule has 0 amide bonds. The maximum atomic E-state index is 11.3. The SMILES string of the molecule is N#Cc1c(Nc2cccnc2)[nH]c(=O)[nH]c1=O. The molecule has 3 N–H and O–H groups in total. The number of nitriles is 1. The summed E-state index contributed by atoms with van der Waals surface area (Å²) in [5.74, 6) is 0.0502. The normalized spacial score (nSPS) is 9.59. The molecule has 2 rings (SSSR count). The molecule has 0 aliphatic carbocycles. The molecule has 7 nitrogen and oxygen atoms in total. The number of H-pyrrole nitrogens is 2. The first-order valence-corrected chi connectivity index (χ1v) is 4.64. The van der Waals surface area contributed by atoms with E-state index in [9.17, 15) is 9.59 Å². The monoisotopic (exact) mass is 229 g/mol. The summed E-state index contributed by atoms with van der Waals surface area (Å²) in [6.45, 7) is 0. The fraction of sp³-hybridized carbons (Fsp3) is 0. The molecule has 0 saturated heterocycles. The van der Waals surface area contributed by atoms with Gasteiger partial charge in [0.05, 0.1) is 11.9 Å². The quantitative estimate of drug-likeness (QED) is 0.674. The molecule has 0 fully saturated rings. The maximum Gasteiger partial charge on any atom is 0.327 e. The highest BCUT2D eigenvalue weighted by molar-refractivity contribution is 5.60. The van der Waals surface area contributed by atoms with Crippen LogP contribution in [0.3, 0.4) is 0 Å². The van der Waals surface area contributed by atoms with Gasteiger partial charge in [-0.1, -0.05) is 0 Å². The number of nitrogens with one attached hydrogen (secondary N) is 3. The molecule has 0 unspecified atom stereocenters. The number of rotatable bonds is 2. The van der Waals surface area contributed by atoms with E-state index in [0.29, 0.717) is 5.69 Å². The minimum atomic E-state index is -0.734. The summed E-state index contributed by atoms with van der Waals surface area (Å²) in [7, 11) is 0. The van der Waals surface area contributed by atoms with E-state index in [1.807, 2.05) is 4.98 Å². The first kappa shape index (κ1) is 10.6. The molecule has 7 heteroatoms. The molecule has 0 saturated carbocycles. The lowest BCUT2D eigenvalue weighted by atomic mass is 10.3. The summed E-state index contributed by atoms with van der Waals surface area (Å²) in [5, 5.41) is 11.6. The standard InChI is InChI=1S/C10H7N5O2/c11-4-7-8(14-10(17)15-9(7)16)13-6-2-1-3-12-5-6/h1-3,5H,(H3,13,14,15,16,17). The van der Waals surface area contributed by atoms with Crippen LogP contribution in [0.4, 0.5) is 11.5 Å². The maximum absolute atomic E-state index is 11.3. The minimum absolute atomic E-state index is 0.0502. The largest absolute Gasteiger partial charge is 0.339 e. The van der Waals surface area contributed by atoms with Gasteiger partial charge in [-0.05, 0) is 12.1 Å². The van der Waals surface area contributed by atoms with Gasteiger partial charge in [0.25, 0.3) is 5.56 Å². The van der Waals surface area contributed by atoms with Gasteiger partial charge in [-0.15, -0.1) is 0 Å². The van der Waals surface area contributed by atoms with Gasteiger partial charge in [0.15, 0.2) is 5.56 Å². The fourth-order valence-electron chi connectivity index (χ4n) is 1.27. The Labute approximate surface area is 94.8 Å². The number of nitrogens with zero attached hydrogens (tertiary/aromatic N) is 2. The zero-order chi connectivity index (χ0) is 12.3. The third-order valence-corrected chi connectivity index (χ3v) is 1.99. The van der Waals surface area contributed by atoms with Crippen LogP contribution >= 0.6 is 0 Å². The second kappa shape index (κ2) is 4.32. The van der Waals surface area contributed by atoms with Crippen molar-refractivity contribution in [3.05, 3.63) is 50.9 Å². The zero-order valence-corrected chi connectivity index (χ0v) is 8.52. The number of hydrogen-bond donors (Lipinski definition) is 3. The fourth-order valence-corrected chi connectivity index (χ4v) is 1.27. The van der Waals surface area contributed by atoms with Crippen LogP contribution in [0.15, 0.2) is 34.1 Å². The number of aromatic amines is 2. The summed E-state index contributed by atoms with van der Waals surface area (Å²) < 4.78 is 0. The van der Waals surface area contributed by atoms with Crippen LogP contribution in [0.2, 0.25) is 0 Å². The van der Waals surface area contributed by atoms with Crippen LogP contribution in [0.25, 0.3) is 0 Å². The molecule has 17 heavy (non-hydrogen) atoms. The van der Waals surface area contributed by atoms with Crippen molar-refractivity contribution in [1.82, 2.24) is 15.0 Å². The Morgan fingerprint density at radius 3 is 2.82 bits per heavy atom. The molecule has 0 aliphatic heterocycles. The lowest BCUT2D eigenvalue weighted by Gasteiger charge is -2.05. The van der Waals surface area contributed by atoms with E-state index >= 15 is 0 Å². The average Bonchev–Trinajstić information content (AvgIpc) is 2.30. The van der Waals surface area contributed by atoms with Crippen molar-refractivity contribution < 1.29 is 0 Å². The lowest BCUT2D eigenvalue weighted by molar-refractivity contribution is 1.03. The smallest absolute Gasteiger partial charge is 0.327 e. The van der Waals surface area contributed by atoms with Gasteiger partial charge in [-0.25, -0.2) is 4.79 Å². The Hall–Kier alpha value is -2.88. The molecule has 84 valence electrons. The molecule has 2 aromatic heterocycles. The molecule has 0 atom stereocenters. The third kappa shape index (κ3) is 2.21. The third-order valence-electron chi connectivity index (χ3n) is 1.99. The van der Waals surface area contributed by atoms with Crippen molar-refractivity contribution in [3.63, 3.8) is 0 Å². The molecule has 2 aromatic rings. The Balaban J connectivity index is 2.50. The summed E-state index contributed by atoms with van der Waals surface area (Å²) >= 11 is 0. The second-order valence-electron chi connectivity index (χ2n) is 3.14. The van der Waals surface area contributed by atoms with E-state index in [0.717, 1.165) is 0 Å². The number of aromatic nitrogens is 3. The first-order valence-electron chi connectivity index (χ1n) is 4.64. The van der Waals surface area contributed by atoms with Gasteiger partial charge in [0, 0.05) is 6.20 Å². The zero-order valence-electron chi connectivity index (χ0n) is 8.52.